The van der Waals surface area contributed by atoms with Gasteiger partial charge in [0.15, 0.2) is 0 Å². The van der Waals surface area contributed by atoms with Gasteiger partial charge in [0, 0.05) is 23.2 Å². The number of nitrogens with one attached hydrogen (secondary N) is 1. The lowest BCUT2D eigenvalue weighted by Gasteiger charge is -2.26. The van der Waals surface area contributed by atoms with Crippen molar-refractivity contribution in [1.82, 2.24) is 25.0 Å². The Balaban J connectivity index is 1.81. The smallest absolute Gasteiger partial charge is 0.295 e. The number of amides is 1. The number of halogens is 1. The second kappa shape index (κ2) is 8.80. The summed E-state index contributed by atoms with van der Waals surface area (Å²) >= 11 is 6.29. The molecule has 0 aliphatic rings. The van der Waals surface area contributed by atoms with E-state index in [9.17, 15) is 14.9 Å². The molecule has 3 rings (SSSR count). The van der Waals surface area contributed by atoms with Crippen LogP contribution in [-0.2, 0) is 0 Å². The molecule has 0 saturated carbocycles. The molecule has 9 nitrogen and oxygen atoms in total. The molecule has 1 atom stereocenters. The van der Waals surface area contributed by atoms with E-state index in [-0.39, 0.29) is 29.5 Å². The maximum Gasteiger partial charge on any atom is 0.295 e. The maximum absolute atomic E-state index is 12.6. The molecule has 0 bridgehead atoms. The molecule has 150 valence electrons. The van der Waals surface area contributed by atoms with Crippen LogP contribution in [0.25, 0.3) is 5.69 Å². The zero-order valence-corrected chi connectivity index (χ0v) is 16.6. The van der Waals surface area contributed by atoms with Crippen molar-refractivity contribution >= 4 is 23.2 Å². The first-order chi connectivity index (χ1) is 13.9. The van der Waals surface area contributed by atoms with Gasteiger partial charge >= 0.3 is 0 Å². The summed E-state index contributed by atoms with van der Waals surface area (Å²) in [5.74, 6) is -0.419. The molecule has 2 aromatic carbocycles. The first kappa shape index (κ1) is 20.4. The largest absolute Gasteiger partial charge is 0.350 e. The fourth-order valence-electron chi connectivity index (χ4n) is 2.94. The summed E-state index contributed by atoms with van der Waals surface area (Å²) in [6.45, 7) is 0.286. The number of nitrogens with zero attached hydrogens (tertiary/aromatic N) is 5. The van der Waals surface area contributed by atoms with Gasteiger partial charge in [-0.15, -0.1) is 0 Å². The average molecular weight is 415 g/mol. The Kier molecular flexibility index (Phi) is 6.20. The van der Waals surface area contributed by atoms with E-state index in [2.05, 4.69) is 15.4 Å². The van der Waals surface area contributed by atoms with Crippen LogP contribution < -0.4 is 5.32 Å². The van der Waals surface area contributed by atoms with Crippen molar-refractivity contribution in [2.45, 2.75) is 6.04 Å². The van der Waals surface area contributed by atoms with Gasteiger partial charge in [-0.1, -0.05) is 29.8 Å². The predicted molar refractivity (Wildman–Crippen MR) is 108 cm³/mol. The molecule has 0 saturated heterocycles. The van der Waals surface area contributed by atoms with Gasteiger partial charge in [0.05, 0.1) is 11.0 Å². The molecule has 0 unspecified atom stereocenters. The molecule has 3 aromatic rings. The summed E-state index contributed by atoms with van der Waals surface area (Å²) in [7, 11) is 3.77. The van der Waals surface area contributed by atoms with E-state index in [0.29, 0.717) is 5.02 Å². The van der Waals surface area contributed by atoms with Crippen LogP contribution in [0.2, 0.25) is 5.02 Å². The van der Waals surface area contributed by atoms with E-state index in [4.69, 9.17) is 11.6 Å². The number of carbonyl (C=O) groups is 1. The fourth-order valence-corrected chi connectivity index (χ4v) is 3.21. The highest BCUT2D eigenvalue weighted by Gasteiger charge is 2.21. The standard InChI is InChI=1S/C19H19ClN6O3/c1-24(2)18(14-5-3-4-6-15(14)20)10-22-19(27)13-7-8-16(17(9-13)26(28)29)25-12-21-11-23-25/h3-9,11-12,18H,10H2,1-2H3,(H,22,27)/t18-/m1/s1. The molecule has 0 fully saturated rings. The van der Waals surface area contributed by atoms with Crippen LogP contribution in [0.15, 0.2) is 55.1 Å². The zero-order chi connectivity index (χ0) is 21.0. The van der Waals surface area contributed by atoms with E-state index in [1.165, 1.54) is 35.5 Å². The third kappa shape index (κ3) is 4.58. The van der Waals surface area contributed by atoms with Crippen LogP contribution in [0.1, 0.15) is 22.0 Å². The average Bonchev–Trinajstić information content (AvgIpc) is 3.23. The van der Waals surface area contributed by atoms with Gasteiger partial charge < -0.3 is 10.2 Å². The Morgan fingerprint density at radius 1 is 1.31 bits per heavy atom. The lowest BCUT2D eigenvalue weighted by Crippen LogP contribution is -2.34. The number of carbonyl (C=O) groups excluding carboxylic acids is 1. The molecule has 0 aliphatic heterocycles. The number of hydrogen-bond donors (Lipinski definition) is 1. The molecule has 1 amide bonds. The van der Waals surface area contributed by atoms with E-state index >= 15 is 0 Å². The Morgan fingerprint density at radius 2 is 2.07 bits per heavy atom. The van der Waals surface area contributed by atoms with Gasteiger partial charge in [0.1, 0.15) is 18.3 Å². The first-order valence-corrected chi connectivity index (χ1v) is 9.08. The van der Waals surface area contributed by atoms with Crippen LogP contribution in [0.4, 0.5) is 5.69 Å². The summed E-state index contributed by atoms with van der Waals surface area (Å²) in [6.07, 6.45) is 2.63. The maximum atomic E-state index is 12.6. The van der Waals surface area contributed by atoms with Gasteiger partial charge in [0.2, 0.25) is 0 Å². The van der Waals surface area contributed by atoms with E-state index in [0.717, 1.165) is 5.56 Å². The minimum Gasteiger partial charge on any atom is -0.350 e. The third-order valence-electron chi connectivity index (χ3n) is 4.44. The fraction of sp³-hybridized carbons (Fsp3) is 0.211. The van der Waals surface area contributed by atoms with Gasteiger partial charge in [-0.25, -0.2) is 9.67 Å². The van der Waals surface area contributed by atoms with Crippen LogP contribution in [0.5, 0.6) is 0 Å². The number of nitro benzene ring substituents is 1. The number of likely N-dealkylation sites (N-methyl/N-ethyl adjacent to an activating group) is 1. The minimum atomic E-state index is -0.555. The van der Waals surface area contributed by atoms with Crippen LogP contribution >= 0.6 is 11.6 Å². The molecule has 1 aromatic heterocycles. The number of benzene rings is 2. The van der Waals surface area contributed by atoms with Crippen LogP contribution in [-0.4, -0.2) is 51.1 Å². The lowest BCUT2D eigenvalue weighted by atomic mass is 10.1. The highest BCUT2D eigenvalue weighted by molar-refractivity contribution is 6.31. The highest BCUT2D eigenvalue weighted by Crippen LogP contribution is 2.26. The normalized spacial score (nSPS) is 12.0. The van der Waals surface area contributed by atoms with E-state index in [1.54, 1.807) is 6.07 Å². The number of aromatic nitrogens is 3. The predicted octanol–water partition coefficient (Wildman–Crippen LogP) is 2.86. The summed E-state index contributed by atoms with van der Waals surface area (Å²) in [6, 6.07) is 11.5. The molecule has 1 N–H and O–H groups in total. The molecule has 0 aliphatic carbocycles. The van der Waals surface area contributed by atoms with Crippen LogP contribution in [0, 0.1) is 10.1 Å². The van der Waals surface area contributed by atoms with Crippen molar-refractivity contribution in [3.63, 3.8) is 0 Å². The van der Waals surface area contributed by atoms with Crippen molar-refractivity contribution in [1.29, 1.82) is 0 Å². The second-order valence-electron chi connectivity index (χ2n) is 6.51. The monoisotopic (exact) mass is 414 g/mol. The Bertz CT molecular complexity index is 1020. The zero-order valence-electron chi connectivity index (χ0n) is 15.8. The minimum absolute atomic E-state index is 0.156. The number of rotatable bonds is 7. The molecular weight excluding hydrogens is 396 g/mol. The lowest BCUT2D eigenvalue weighted by molar-refractivity contribution is -0.384. The Labute approximate surface area is 172 Å². The highest BCUT2D eigenvalue weighted by atomic mass is 35.5. The Morgan fingerprint density at radius 3 is 2.69 bits per heavy atom. The first-order valence-electron chi connectivity index (χ1n) is 8.71. The SMILES string of the molecule is CN(C)[C@H](CNC(=O)c1ccc(-n2cncn2)c([N+](=O)[O-])c1)c1ccccc1Cl. The van der Waals surface area contributed by atoms with Crippen molar-refractivity contribution in [3.05, 3.63) is 81.4 Å². The van der Waals surface area contributed by atoms with Gasteiger partial charge in [-0.2, -0.15) is 5.10 Å². The molecule has 0 spiro atoms. The number of nitro groups is 1. The van der Waals surface area contributed by atoms with Gasteiger partial charge in [-0.05, 0) is 37.9 Å². The van der Waals surface area contributed by atoms with Crippen molar-refractivity contribution in [3.8, 4) is 5.69 Å². The Hall–Kier alpha value is -3.30. The van der Waals surface area contributed by atoms with Crippen molar-refractivity contribution < 1.29 is 9.72 Å². The second-order valence-corrected chi connectivity index (χ2v) is 6.92. The van der Waals surface area contributed by atoms with E-state index < -0.39 is 10.8 Å². The molecule has 10 heteroatoms. The molecule has 1 heterocycles. The molecule has 0 radical (unpaired) electrons. The van der Waals surface area contributed by atoms with Crippen molar-refractivity contribution in [2.75, 3.05) is 20.6 Å². The van der Waals surface area contributed by atoms with Crippen molar-refractivity contribution in [2.24, 2.45) is 0 Å². The van der Waals surface area contributed by atoms with Gasteiger partial charge in [-0.3, -0.25) is 14.9 Å². The molecule has 29 heavy (non-hydrogen) atoms. The quantitative estimate of drug-likeness (QED) is 0.470. The van der Waals surface area contributed by atoms with E-state index in [1.807, 2.05) is 37.2 Å². The van der Waals surface area contributed by atoms with Gasteiger partial charge in [0.25, 0.3) is 11.6 Å². The summed E-state index contributed by atoms with van der Waals surface area (Å²) in [5.41, 5.74) is 1.05. The molecular formula is C19H19ClN6O3. The summed E-state index contributed by atoms with van der Waals surface area (Å²) in [4.78, 5) is 29.3. The number of hydrogen-bond acceptors (Lipinski definition) is 6. The third-order valence-corrected chi connectivity index (χ3v) is 4.79. The summed E-state index contributed by atoms with van der Waals surface area (Å²) < 4.78 is 1.28. The topological polar surface area (TPSA) is 106 Å². The summed E-state index contributed by atoms with van der Waals surface area (Å²) in [5, 5.41) is 18.8. The van der Waals surface area contributed by atoms with Crippen LogP contribution in [0.3, 0.4) is 0 Å².